The van der Waals surface area contributed by atoms with Gasteiger partial charge in [0, 0.05) is 18.3 Å². The summed E-state index contributed by atoms with van der Waals surface area (Å²) in [5, 5.41) is 8.98. The molecule has 16 heavy (non-hydrogen) atoms. The zero-order valence-corrected chi connectivity index (χ0v) is 9.90. The van der Waals surface area contributed by atoms with Gasteiger partial charge in [-0.3, -0.25) is 4.79 Å². The Balaban J connectivity index is 2.92. The Morgan fingerprint density at radius 2 is 2.19 bits per heavy atom. The number of aliphatic hydroxyl groups excluding tert-OH is 1. The fourth-order valence-corrected chi connectivity index (χ4v) is 1.30. The molecule has 0 heterocycles. The Morgan fingerprint density at radius 1 is 1.56 bits per heavy atom. The number of anilines is 1. The molecule has 88 valence electrons. The maximum absolute atomic E-state index is 12.0. The van der Waals surface area contributed by atoms with Gasteiger partial charge < -0.3 is 15.7 Å². The summed E-state index contributed by atoms with van der Waals surface area (Å²) in [7, 11) is 1.67. The van der Waals surface area contributed by atoms with Gasteiger partial charge in [-0.1, -0.05) is 6.07 Å². The summed E-state index contributed by atoms with van der Waals surface area (Å²) in [6, 6.07) is 5.03. The largest absolute Gasteiger partial charge is 0.398 e. The van der Waals surface area contributed by atoms with E-state index in [9.17, 15) is 4.79 Å². The SMILES string of the molecule is Cc1ccc(C(=O)N(C)C(C)CO)cc1N. The summed E-state index contributed by atoms with van der Waals surface area (Å²) in [6.07, 6.45) is 0. The summed E-state index contributed by atoms with van der Waals surface area (Å²) in [5.41, 5.74) is 7.85. The normalized spacial score (nSPS) is 12.2. The lowest BCUT2D eigenvalue weighted by molar-refractivity contribution is 0.0682. The summed E-state index contributed by atoms with van der Waals surface area (Å²) < 4.78 is 0. The van der Waals surface area contributed by atoms with E-state index in [0.29, 0.717) is 11.3 Å². The molecule has 0 saturated carbocycles. The number of hydrogen-bond acceptors (Lipinski definition) is 3. The minimum absolute atomic E-state index is 0.0520. The van der Waals surface area contributed by atoms with Gasteiger partial charge in [-0.25, -0.2) is 0 Å². The number of nitrogens with zero attached hydrogens (tertiary/aromatic N) is 1. The summed E-state index contributed by atoms with van der Waals surface area (Å²) in [6.45, 7) is 3.63. The second-order valence-corrected chi connectivity index (χ2v) is 4.02. The smallest absolute Gasteiger partial charge is 0.253 e. The van der Waals surface area contributed by atoms with E-state index in [-0.39, 0.29) is 18.6 Å². The van der Waals surface area contributed by atoms with Crippen molar-refractivity contribution in [1.29, 1.82) is 0 Å². The van der Waals surface area contributed by atoms with Gasteiger partial charge in [0.05, 0.1) is 12.6 Å². The summed E-state index contributed by atoms with van der Waals surface area (Å²) in [5.74, 6) is -0.131. The zero-order valence-electron chi connectivity index (χ0n) is 9.90. The van der Waals surface area contributed by atoms with Crippen molar-refractivity contribution in [3.63, 3.8) is 0 Å². The van der Waals surface area contributed by atoms with E-state index in [2.05, 4.69) is 0 Å². The number of hydrogen-bond donors (Lipinski definition) is 2. The molecule has 0 bridgehead atoms. The first-order valence-electron chi connectivity index (χ1n) is 5.21. The van der Waals surface area contributed by atoms with Crippen LogP contribution in [0, 0.1) is 6.92 Å². The van der Waals surface area contributed by atoms with Crippen LogP contribution < -0.4 is 5.73 Å². The predicted molar refractivity (Wildman–Crippen MR) is 64.2 cm³/mol. The molecule has 1 aromatic carbocycles. The number of aliphatic hydroxyl groups is 1. The minimum atomic E-state index is -0.199. The van der Waals surface area contributed by atoms with Crippen molar-refractivity contribution in [2.75, 3.05) is 19.4 Å². The van der Waals surface area contributed by atoms with Crippen LogP contribution in [-0.4, -0.2) is 35.6 Å². The fourth-order valence-electron chi connectivity index (χ4n) is 1.30. The topological polar surface area (TPSA) is 66.6 Å². The van der Waals surface area contributed by atoms with Gasteiger partial charge in [0.15, 0.2) is 0 Å². The van der Waals surface area contributed by atoms with E-state index >= 15 is 0 Å². The van der Waals surface area contributed by atoms with Gasteiger partial charge in [0.1, 0.15) is 0 Å². The van der Waals surface area contributed by atoms with E-state index in [1.807, 2.05) is 13.0 Å². The highest BCUT2D eigenvalue weighted by Crippen LogP contribution is 2.15. The first-order valence-corrected chi connectivity index (χ1v) is 5.21. The number of nitrogen functional groups attached to an aromatic ring is 1. The quantitative estimate of drug-likeness (QED) is 0.751. The molecule has 4 heteroatoms. The van der Waals surface area contributed by atoms with Crippen LogP contribution in [0.1, 0.15) is 22.8 Å². The van der Waals surface area contributed by atoms with Crippen molar-refractivity contribution in [2.45, 2.75) is 19.9 Å². The highest BCUT2D eigenvalue weighted by molar-refractivity contribution is 5.95. The lowest BCUT2D eigenvalue weighted by Gasteiger charge is -2.23. The lowest BCUT2D eigenvalue weighted by Crippen LogP contribution is -2.37. The van der Waals surface area contributed by atoms with Gasteiger partial charge in [-0.05, 0) is 31.5 Å². The second kappa shape index (κ2) is 4.99. The van der Waals surface area contributed by atoms with Crippen molar-refractivity contribution < 1.29 is 9.90 Å². The number of amides is 1. The molecule has 0 aromatic heterocycles. The number of carbonyl (C=O) groups is 1. The molecular weight excluding hydrogens is 204 g/mol. The Kier molecular flexibility index (Phi) is 3.90. The van der Waals surface area contributed by atoms with E-state index in [1.165, 1.54) is 4.90 Å². The third kappa shape index (κ3) is 2.52. The summed E-state index contributed by atoms with van der Waals surface area (Å²) >= 11 is 0. The molecule has 1 rings (SSSR count). The third-order valence-electron chi connectivity index (χ3n) is 2.77. The molecule has 0 fully saturated rings. The number of carbonyl (C=O) groups excluding carboxylic acids is 1. The molecule has 1 amide bonds. The fraction of sp³-hybridized carbons (Fsp3) is 0.417. The Labute approximate surface area is 95.7 Å². The van der Waals surface area contributed by atoms with Crippen molar-refractivity contribution >= 4 is 11.6 Å². The van der Waals surface area contributed by atoms with Crippen molar-refractivity contribution in [3.8, 4) is 0 Å². The van der Waals surface area contributed by atoms with Crippen LogP contribution in [-0.2, 0) is 0 Å². The Hall–Kier alpha value is -1.55. The molecule has 1 atom stereocenters. The second-order valence-electron chi connectivity index (χ2n) is 4.02. The van der Waals surface area contributed by atoms with Crippen molar-refractivity contribution in [2.24, 2.45) is 0 Å². The first kappa shape index (κ1) is 12.5. The van der Waals surface area contributed by atoms with Crippen LogP contribution in [0.25, 0.3) is 0 Å². The number of rotatable bonds is 3. The van der Waals surface area contributed by atoms with Crippen LogP contribution in [0.2, 0.25) is 0 Å². The molecule has 0 aliphatic heterocycles. The summed E-state index contributed by atoms with van der Waals surface area (Å²) in [4.78, 5) is 13.5. The minimum Gasteiger partial charge on any atom is -0.398 e. The predicted octanol–water partition coefficient (Wildman–Crippen LogP) is 1.03. The number of likely N-dealkylation sites (N-methyl/N-ethyl adjacent to an activating group) is 1. The van der Waals surface area contributed by atoms with E-state index in [0.717, 1.165) is 5.56 Å². The van der Waals surface area contributed by atoms with E-state index in [4.69, 9.17) is 10.8 Å². The molecule has 0 aliphatic rings. The van der Waals surface area contributed by atoms with Gasteiger partial charge in [0.25, 0.3) is 5.91 Å². The Bertz CT molecular complexity index is 391. The maximum atomic E-state index is 12.0. The van der Waals surface area contributed by atoms with Crippen LogP contribution in [0.15, 0.2) is 18.2 Å². The number of aryl methyl sites for hydroxylation is 1. The highest BCUT2D eigenvalue weighted by Gasteiger charge is 2.16. The van der Waals surface area contributed by atoms with Gasteiger partial charge in [0.2, 0.25) is 0 Å². The maximum Gasteiger partial charge on any atom is 0.253 e. The standard InChI is InChI=1S/C12H18N2O2/c1-8-4-5-10(6-11(8)13)12(16)14(3)9(2)7-15/h4-6,9,15H,7,13H2,1-3H3. The van der Waals surface area contributed by atoms with E-state index in [1.54, 1.807) is 26.1 Å². The van der Waals surface area contributed by atoms with Crippen molar-refractivity contribution in [3.05, 3.63) is 29.3 Å². The average Bonchev–Trinajstić information content (AvgIpc) is 2.29. The lowest BCUT2D eigenvalue weighted by atomic mass is 10.1. The first-order chi connectivity index (χ1) is 7.47. The van der Waals surface area contributed by atoms with Crippen LogP contribution >= 0.6 is 0 Å². The van der Waals surface area contributed by atoms with E-state index < -0.39 is 0 Å². The van der Waals surface area contributed by atoms with Gasteiger partial charge in [-0.2, -0.15) is 0 Å². The monoisotopic (exact) mass is 222 g/mol. The van der Waals surface area contributed by atoms with Gasteiger partial charge >= 0.3 is 0 Å². The zero-order chi connectivity index (χ0) is 12.3. The molecule has 1 aromatic rings. The van der Waals surface area contributed by atoms with Crippen LogP contribution in [0.5, 0.6) is 0 Å². The molecule has 0 radical (unpaired) electrons. The molecule has 0 saturated heterocycles. The number of nitrogens with two attached hydrogens (primary N) is 1. The third-order valence-corrected chi connectivity index (χ3v) is 2.77. The molecule has 1 unspecified atom stereocenters. The molecule has 0 aliphatic carbocycles. The molecule has 4 nitrogen and oxygen atoms in total. The number of benzene rings is 1. The molecule has 0 spiro atoms. The molecular formula is C12H18N2O2. The molecule has 3 N–H and O–H groups in total. The Morgan fingerprint density at radius 3 is 2.69 bits per heavy atom. The van der Waals surface area contributed by atoms with Crippen LogP contribution in [0.3, 0.4) is 0 Å². The van der Waals surface area contributed by atoms with Crippen LogP contribution in [0.4, 0.5) is 5.69 Å². The highest BCUT2D eigenvalue weighted by atomic mass is 16.3. The average molecular weight is 222 g/mol. The van der Waals surface area contributed by atoms with Crippen molar-refractivity contribution in [1.82, 2.24) is 4.90 Å². The van der Waals surface area contributed by atoms with Gasteiger partial charge in [-0.15, -0.1) is 0 Å².